The number of hydrogen-bond donors (Lipinski definition) is 2. The molecule has 0 aromatic heterocycles. The lowest BCUT2D eigenvalue weighted by atomic mass is 9.92. The predicted molar refractivity (Wildman–Crippen MR) is 107 cm³/mol. The molecule has 1 saturated carbocycles. The number of hydrogen-bond acceptors (Lipinski definition) is 3. The van der Waals surface area contributed by atoms with Gasteiger partial charge >= 0.3 is 6.03 Å². The standard InChI is InChI=1S/C22H28N2O3/c1-16-6-4-5-7-18(16)22(11-12-22)15-24-21(25)23-13-10-17-8-9-19(26-2)20(14-17)27-3/h4-9,14H,10-13,15H2,1-3H3,(H2,23,24,25). The zero-order valence-electron chi connectivity index (χ0n) is 16.3. The summed E-state index contributed by atoms with van der Waals surface area (Å²) < 4.78 is 10.6. The molecule has 0 spiro atoms. The molecule has 0 bridgehead atoms. The molecule has 0 heterocycles. The largest absolute Gasteiger partial charge is 0.493 e. The van der Waals surface area contributed by atoms with Crippen LogP contribution in [0.25, 0.3) is 0 Å². The van der Waals surface area contributed by atoms with E-state index < -0.39 is 0 Å². The van der Waals surface area contributed by atoms with Crippen LogP contribution in [0.1, 0.15) is 29.5 Å². The first-order valence-electron chi connectivity index (χ1n) is 9.37. The summed E-state index contributed by atoms with van der Waals surface area (Å²) in [6, 6.07) is 14.1. The van der Waals surface area contributed by atoms with Gasteiger partial charge in [-0.1, -0.05) is 30.3 Å². The Morgan fingerprint density at radius 3 is 2.44 bits per heavy atom. The van der Waals surface area contributed by atoms with Gasteiger partial charge in [0.25, 0.3) is 0 Å². The summed E-state index contributed by atoms with van der Waals surface area (Å²) >= 11 is 0. The summed E-state index contributed by atoms with van der Waals surface area (Å²) in [5.74, 6) is 1.41. The van der Waals surface area contributed by atoms with Crippen molar-refractivity contribution in [2.45, 2.75) is 31.6 Å². The molecule has 144 valence electrons. The van der Waals surface area contributed by atoms with E-state index in [4.69, 9.17) is 9.47 Å². The molecule has 2 N–H and O–H groups in total. The van der Waals surface area contributed by atoms with Crippen LogP contribution in [0, 0.1) is 6.92 Å². The van der Waals surface area contributed by atoms with Crippen LogP contribution >= 0.6 is 0 Å². The Kier molecular flexibility index (Phi) is 5.89. The van der Waals surface area contributed by atoms with Crippen molar-refractivity contribution in [1.82, 2.24) is 10.6 Å². The van der Waals surface area contributed by atoms with Crippen molar-refractivity contribution < 1.29 is 14.3 Å². The monoisotopic (exact) mass is 368 g/mol. The van der Waals surface area contributed by atoms with E-state index in [1.54, 1.807) is 14.2 Å². The number of ether oxygens (including phenoxy) is 2. The zero-order valence-corrected chi connectivity index (χ0v) is 16.3. The summed E-state index contributed by atoms with van der Waals surface area (Å²) in [5.41, 5.74) is 3.86. The summed E-state index contributed by atoms with van der Waals surface area (Å²) in [6.45, 7) is 3.39. The van der Waals surface area contributed by atoms with E-state index in [2.05, 4.69) is 41.8 Å². The molecule has 0 aliphatic heterocycles. The lowest BCUT2D eigenvalue weighted by Crippen LogP contribution is -2.40. The average Bonchev–Trinajstić information content (AvgIpc) is 3.47. The lowest BCUT2D eigenvalue weighted by molar-refractivity contribution is 0.240. The number of amides is 2. The van der Waals surface area contributed by atoms with E-state index in [0.717, 1.165) is 24.8 Å². The van der Waals surface area contributed by atoms with E-state index >= 15 is 0 Å². The van der Waals surface area contributed by atoms with Crippen LogP contribution in [0.3, 0.4) is 0 Å². The van der Waals surface area contributed by atoms with Gasteiger partial charge in [0.15, 0.2) is 11.5 Å². The Morgan fingerprint density at radius 2 is 1.78 bits per heavy atom. The van der Waals surface area contributed by atoms with Gasteiger partial charge in [-0.05, 0) is 55.0 Å². The van der Waals surface area contributed by atoms with Gasteiger partial charge in [-0.3, -0.25) is 0 Å². The fourth-order valence-corrected chi connectivity index (χ4v) is 3.53. The minimum Gasteiger partial charge on any atom is -0.493 e. The third-order valence-electron chi connectivity index (χ3n) is 5.30. The topological polar surface area (TPSA) is 59.6 Å². The molecule has 5 nitrogen and oxygen atoms in total. The van der Waals surface area contributed by atoms with Crippen LogP contribution in [-0.2, 0) is 11.8 Å². The minimum absolute atomic E-state index is 0.115. The van der Waals surface area contributed by atoms with Gasteiger partial charge in [0.1, 0.15) is 0 Å². The Bertz CT molecular complexity index is 800. The quantitative estimate of drug-likeness (QED) is 0.749. The van der Waals surface area contributed by atoms with Crippen LogP contribution in [0.15, 0.2) is 42.5 Å². The molecule has 2 aromatic carbocycles. The third kappa shape index (κ3) is 4.54. The summed E-state index contributed by atoms with van der Waals surface area (Å²) in [4.78, 5) is 12.2. The number of carbonyl (C=O) groups is 1. The van der Waals surface area contributed by atoms with Crippen LogP contribution < -0.4 is 20.1 Å². The van der Waals surface area contributed by atoms with Crippen molar-refractivity contribution in [2.24, 2.45) is 0 Å². The first-order chi connectivity index (χ1) is 13.1. The second kappa shape index (κ2) is 8.33. The van der Waals surface area contributed by atoms with E-state index in [1.807, 2.05) is 18.2 Å². The normalized spacial score (nSPS) is 14.3. The first kappa shape index (κ1) is 19.1. The molecule has 2 amide bonds. The number of aryl methyl sites for hydroxylation is 1. The molecule has 27 heavy (non-hydrogen) atoms. The van der Waals surface area contributed by atoms with E-state index in [0.29, 0.717) is 24.6 Å². The molecule has 1 aliphatic rings. The number of carbonyl (C=O) groups excluding carboxylic acids is 1. The van der Waals surface area contributed by atoms with Crippen LogP contribution in [0.2, 0.25) is 0 Å². The maximum absolute atomic E-state index is 12.2. The van der Waals surface area contributed by atoms with Crippen molar-refractivity contribution in [3.63, 3.8) is 0 Å². The van der Waals surface area contributed by atoms with Crippen LogP contribution in [-0.4, -0.2) is 33.3 Å². The second-order valence-corrected chi connectivity index (χ2v) is 7.14. The van der Waals surface area contributed by atoms with Gasteiger partial charge in [-0.25, -0.2) is 4.79 Å². The first-order valence-corrected chi connectivity index (χ1v) is 9.37. The van der Waals surface area contributed by atoms with Crippen molar-refractivity contribution in [1.29, 1.82) is 0 Å². The Hall–Kier alpha value is -2.69. The second-order valence-electron chi connectivity index (χ2n) is 7.14. The summed E-state index contributed by atoms with van der Waals surface area (Å²) in [7, 11) is 3.24. The van der Waals surface area contributed by atoms with E-state index in [-0.39, 0.29) is 11.4 Å². The Balaban J connectivity index is 1.46. The summed E-state index contributed by atoms with van der Waals surface area (Å²) in [6.07, 6.45) is 2.99. The third-order valence-corrected chi connectivity index (χ3v) is 5.30. The number of urea groups is 1. The molecule has 1 aliphatic carbocycles. The average molecular weight is 368 g/mol. The fraction of sp³-hybridized carbons (Fsp3) is 0.409. The van der Waals surface area contributed by atoms with Gasteiger partial charge in [0.05, 0.1) is 14.2 Å². The molecule has 3 rings (SSSR count). The molecule has 0 saturated heterocycles. The molecule has 1 fully saturated rings. The molecule has 5 heteroatoms. The van der Waals surface area contributed by atoms with Gasteiger partial charge in [0, 0.05) is 18.5 Å². The highest BCUT2D eigenvalue weighted by atomic mass is 16.5. The van der Waals surface area contributed by atoms with Gasteiger partial charge in [0.2, 0.25) is 0 Å². The fourth-order valence-electron chi connectivity index (χ4n) is 3.53. The molecular weight excluding hydrogens is 340 g/mol. The summed E-state index contributed by atoms with van der Waals surface area (Å²) in [5, 5.41) is 5.99. The van der Waals surface area contributed by atoms with Gasteiger partial charge in [-0.2, -0.15) is 0 Å². The highest BCUT2D eigenvalue weighted by Crippen LogP contribution is 2.48. The van der Waals surface area contributed by atoms with Crippen molar-refractivity contribution in [3.05, 3.63) is 59.2 Å². The SMILES string of the molecule is COc1ccc(CCNC(=O)NCC2(c3ccccc3C)CC2)cc1OC. The lowest BCUT2D eigenvalue weighted by Gasteiger charge is -2.19. The van der Waals surface area contributed by atoms with E-state index in [1.165, 1.54) is 11.1 Å². The number of nitrogens with one attached hydrogen (secondary N) is 2. The highest BCUT2D eigenvalue weighted by molar-refractivity contribution is 5.74. The highest BCUT2D eigenvalue weighted by Gasteiger charge is 2.45. The molecule has 2 aromatic rings. The maximum Gasteiger partial charge on any atom is 0.314 e. The van der Waals surface area contributed by atoms with Crippen molar-refractivity contribution in [2.75, 3.05) is 27.3 Å². The number of benzene rings is 2. The molecule has 0 unspecified atom stereocenters. The zero-order chi connectivity index (χ0) is 19.3. The van der Waals surface area contributed by atoms with Crippen LogP contribution in [0.5, 0.6) is 11.5 Å². The predicted octanol–water partition coefficient (Wildman–Crippen LogP) is 3.59. The molecule has 0 radical (unpaired) electrons. The van der Waals surface area contributed by atoms with Gasteiger partial charge < -0.3 is 20.1 Å². The Labute approximate surface area is 161 Å². The Morgan fingerprint density at radius 1 is 1.04 bits per heavy atom. The van der Waals surface area contributed by atoms with Gasteiger partial charge in [-0.15, -0.1) is 0 Å². The van der Waals surface area contributed by atoms with Crippen molar-refractivity contribution >= 4 is 6.03 Å². The van der Waals surface area contributed by atoms with E-state index in [9.17, 15) is 4.79 Å². The number of methoxy groups -OCH3 is 2. The van der Waals surface area contributed by atoms with Crippen LogP contribution in [0.4, 0.5) is 4.79 Å². The maximum atomic E-state index is 12.2. The van der Waals surface area contributed by atoms with Crippen molar-refractivity contribution in [3.8, 4) is 11.5 Å². The smallest absolute Gasteiger partial charge is 0.314 e. The number of rotatable bonds is 8. The molecular formula is C22H28N2O3. The molecule has 0 atom stereocenters. The minimum atomic E-state index is -0.115.